The fourth-order valence-corrected chi connectivity index (χ4v) is 3.42. The SMILES string of the molecule is Cc1csc(CCNC(=O)N2CCOC[C@@H]2C2CC2)n1. The van der Waals surface area contributed by atoms with E-state index in [0.717, 1.165) is 17.1 Å². The molecule has 0 unspecified atom stereocenters. The molecule has 110 valence electrons. The van der Waals surface area contributed by atoms with Crippen LogP contribution in [0.3, 0.4) is 0 Å². The van der Waals surface area contributed by atoms with Gasteiger partial charge in [-0.05, 0) is 25.7 Å². The molecule has 1 aliphatic heterocycles. The summed E-state index contributed by atoms with van der Waals surface area (Å²) in [6, 6.07) is 0.337. The molecule has 6 heteroatoms. The molecule has 2 aliphatic rings. The second-order valence-corrected chi connectivity index (χ2v) is 6.48. The highest BCUT2D eigenvalue weighted by Crippen LogP contribution is 2.36. The summed E-state index contributed by atoms with van der Waals surface area (Å²) in [5, 5.41) is 6.15. The van der Waals surface area contributed by atoms with Crippen LogP contribution in [0.1, 0.15) is 23.5 Å². The van der Waals surface area contributed by atoms with E-state index in [0.29, 0.717) is 32.2 Å². The van der Waals surface area contributed by atoms with E-state index >= 15 is 0 Å². The lowest BCUT2D eigenvalue weighted by Gasteiger charge is -2.35. The fraction of sp³-hybridized carbons (Fsp3) is 0.714. The Bertz CT molecular complexity index is 473. The predicted octanol–water partition coefficient (Wildman–Crippen LogP) is 1.81. The van der Waals surface area contributed by atoms with Crippen LogP contribution >= 0.6 is 11.3 Å². The van der Waals surface area contributed by atoms with Crippen molar-refractivity contribution in [1.29, 1.82) is 0 Å². The Hall–Kier alpha value is -1.14. The minimum Gasteiger partial charge on any atom is -0.377 e. The van der Waals surface area contributed by atoms with Crippen molar-refractivity contribution in [1.82, 2.24) is 15.2 Å². The minimum absolute atomic E-state index is 0.0541. The molecule has 1 N–H and O–H groups in total. The van der Waals surface area contributed by atoms with Gasteiger partial charge in [0.05, 0.1) is 24.3 Å². The van der Waals surface area contributed by atoms with E-state index < -0.39 is 0 Å². The lowest BCUT2D eigenvalue weighted by Crippen LogP contribution is -2.53. The number of rotatable bonds is 4. The molecule has 1 aliphatic carbocycles. The number of ether oxygens (including phenoxy) is 1. The van der Waals surface area contributed by atoms with Crippen molar-refractivity contribution in [2.45, 2.75) is 32.2 Å². The van der Waals surface area contributed by atoms with E-state index in [1.54, 1.807) is 11.3 Å². The molecule has 0 spiro atoms. The van der Waals surface area contributed by atoms with Gasteiger partial charge in [0.25, 0.3) is 0 Å². The number of hydrogen-bond acceptors (Lipinski definition) is 4. The molecule has 1 atom stereocenters. The van der Waals surface area contributed by atoms with Gasteiger partial charge in [0.1, 0.15) is 0 Å². The second-order valence-electron chi connectivity index (χ2n) is 5.54. The molecular formula is C14H21N3O2S. The molecule has 2 fully saturated rings. The molecule has 0 radical (unpaired) electrons. The number of amides is 2. The summed E-state index contributed by atoms with van der Waals surface area (Å²) >= 11 is 1.66. The number of morpholine rings is 1. The third-order valence-electron chi connectivity index (χ3n) is 3.87. The molecule has 1 saturated heterocycles. The van der Waals surface area contributed by atoms with Gasteiger partial charge in [-0.2, -0.15) is 0 Å². The van der Waals surface area contributed by atoms with Crippen LogP contribution < -0.4 is 5.32 Å². The van der Waals surface area contributed by atoms with Crippen LogP contribution in [0.2, 0.25) is 0 Å². The number of aryl methyl sites for hydroxylation is 1. The van der Waals surface area contributed by atoms with Crippen LogP contribution in [0.5, 0.6) is 0 Å². The third kappa shape index (κ3) is 3.30. The van der Waals surface area contributed by atoms with E-state index in [9.17, 15) is 4.79 Å². The van der Waals surface area contributed by atoms with Crippen molar-refractivity contribution >= 4 is 17.4 Å². The molecule has 20 heavy (non-hydrogen) atoms. The van der Waals surface area contributed by atoms with Gasteiger partial charge in [0.2, 0.25) is 0 Å². The van der Waals surface area contributed by atoms with Crippen molar-refractivity contribution in [3.63, 3.8) is 0 Å². The third-order valence-corrected chi connectivity index (χ3v) is 4.90. The zero-order chi connectivity index (χ0) is 13.9. The molecule has 0 bridgehead atoms. The zero-order valence-corrected chi connectivity index (χ0v) is 12.6. The van der Waals surface area contributed by atoms with Crippen molar-refractivity contribution < 1.29 is 9.53 Å². The van der Waals surface area contributed by atoms with Gasteiger partial charge in [0.15, 0.2) is 0 Å². The predicted molar refractivity (Wildman–Crippen MR) is 78.0 cm³/mol. The van der Waals surface area contributed by atoms with Gasteiger partial charge in [-0.15, -0.1) is 11.3 Å². The lowest BCUT2D eigenvalue weighted by molar-refractivity contribution is 0.00477. The first-order valence-electron chi connectivity index (χ1n) is 7.27. The van der Waals surface area contributed by atoms with Crippen molar-refractivity contribution in [3.05, 3.63) is 16.1 Å². The largest absolute Gasteiger partial charge is 0.377 e. The zero-order valence-electron chi connectivity index (χ0n) is 11.8. The van der Waals surface area contributed by atoms with Crippen molar-refractivity contribution in [3.8, 4) is 0 Å². The first-order chi connectivity index (χ1) is 9.74. The number of nitrogens with one attached hydrogen (secondary N) is 1. The molecule has 1 saturated carbocycles. The Morgan fingerprint density at radius 1 is 1.60 bits per heavy atom. The van der Waals surface area contributed by atoms with Gasteiger partial charge in [-0.3, -0.25) is 0 Å². The van der Waals surface area contributed by atoms with Gasteiger partial charge in [-0.1, -0.05) is 0 Å². The standard InChI is InChI=1S/C14H21N3O2S/c1-10-9-20-13(16-10)4-5-15-14(18)17-6-7-19-8-12(17)11-2-3-11/h9,11-12H,2-8H2,1H3,(H,15,18)/t12-/m1/s1. The summed E-state index contributed by atoms with van der Waals surface area (Å²) < 4.78 is 5.51. The molecule has 0 aromatic carbocycles. The maximum atomic E-state index is 12.3. The maximum Gasteiger partial charge on any atom is 0.317 e. The first-order valence-corrected chi connectivity index (χ1v) is 8.15. The summed E-state index contributed by atoms with van der Waals surface area (Å²) in [6.07, 6.45) is 3.27. The maximum absolute atomic E-state index is 12.3. The summed E-state index contributed by atoms with van der Waals surface area (Å²) in [5.41, 5.74) is 1.05. The monoisotopic (exact) mass is 295 g/mol. The van der Waals surface area contributed by atoms with Gasteiger partial charge >= 0.3 is 6.03 Å². The quantitative estimate of drug-likeness (QED) is 0.922. The highest BCUT2D eigenvalue weighted by atomic mass is 32.1. The summed E-state index contributed by atoms with van der Waals surface area (Å²) in [5.74, 6) is 0.655. The topological polar surface area (TPSA) is 54.5 Å². The number of urea groups is 1. The van der Waals surface area contributed by atoms with Crippen LogP contribution in [-0.4, -0.2) is 48.3 Å². The lowest BCUT2D eigenvalue weighted by atomic mass is 10.1. The van der Waals surface area contributed by atoms with Crippen LogP contribution in [0, 0.1) is 12.8 Å². The molecular weight excluding hydrogens is 274 g/mol. The number of carbonyl (C=O) groups is 1. The average Bonchev–Trinajstić information content (AvgIpc) is 3.22. The van der Waals surface area contributed by atoms with E-state index in [2.05, 4.69) is 10.3 Å². The summed E-state index contributed by atoms with van der Waals surface area (Å²) in [6.45, 7) is 4.71. The smallest absolute Gasteiger partial charge is 0.317 e. The Morgan fingerprint density at radius 2 is 2.45 bits per heavy atom. The molecule has 3 rings (SSSR count). The van der Waals surface area contributed by atoms with Crippen molar-refractivity contribution in [2.75, 3.05) is 26.3 Å². The number of carbonyl (C=O) groups excluding carboxylic acids is 1. The fourth-order valence-electron chi connectivity index (χ4n) is 2.64. The highest BCUT2D eigenvalue weighted by Gasteiger charge is 2.39. The normalized spacial score (nSPS) is 22.9. The summed E-state index contributed by atoms with van der Waals surface area (Å²) in [7, 11) is 0. The number of hydrogen-bond donors (Lipinski definition) is 1. The molecule has 1 aromatic heterocycles. The Kier molecular flexibility index (Phi) is 4.21. The van der Waals surface area contributed by atoms with Crippen LogP contribution in [0.4, 0.5) is 4.79 Å². The first kappa shape index (κ1) is 13.8. The van der Waals surface area contributed by atoms with Gasteiger partial charge in [0, 0.05) is 30.6 Å². The molecule has 2 amide bonds. The number of thiazole rings is 1. The van der Waals surface area contributed by atoms with Crippen molar-refractivity contribution in [2.24, 2.45) is 5.92 Å². The Morgan fingerprint density at radius 3 is 3.15 bits per heavy atom. The van der Waals surface area contributed by atoms with Crippen LogP contribution in [-0.2, 0) is 11.2 Å². The van der Waals surface area contributed by atoms with E-state index in [4.69, 9.17) is 4.74 Å². The molecule has 2 heterocycles. The molecule has 1 aromatic rings. The minimum atomic E-state index is 0.0541. The Balaban J connectivity index is 1.47. The van der Waals surface area contributed by atoms with E-state index in [-0.39, 0.29) is 12.1 Å². The van der Waals surface area contributed by atoms with Crippen LogP contribution in [0.25, 0.3) is 0 Å². The molecule has 5 nitrogen and oxygen atoms in total. The van der Waals surface area contributed by atoms with Gasteiger partial charge in [-0.25, -0.2) is 9.78 Å². The number of nitrogens with zero attached hydrogens (tertiary/aromatic N) is 2. The number of aromatic nitrogens is 1. The Labute approximate surface area is 123 Å². The summed E-state index contributed by atoms with van der Waals surface area (Å²) in [4.78, 5) is 18.7. The average molecular weight is 295 g/mol. The van der Waals surface area contributed by atoms with E-state index in [1.165, 1.54) is 12.8 Å². The van der Waals surface area contributed by atoms with Gasteiger partial charge < -0.3 is 15.0 Å². The highest BCUT2D eigenvalue weighted by molar-refractivity contribution is 7.09. The second kappa shape index (κ2) is 6.10. The van der Waals surface area contributed by atoms with E-state index in [1.807, 2.05) is 17.2 Å². The van der Waals surface area contributed by atoms with Crippen LogP contribution in [0.15, 0.2) is 5.38 Å².